The van der Waals surface area contributed by atoms with E-state index in [0.29, 0.717) is 0 Å². The molecule has 0 saturated heterocycles. The lowest BCUT2D eigenvalue weighted by atomic mass is 9.82. The largest absolute Gasteiger partial charge is 0.356 e. The molecule has 0 radical (unpaired) electrons. The van der Waals surface area contributed by atoms with Gasteiger partial charge in [-0.1, -0.05) is 290 Å². The minimum Gasteiger partial charge on any atom is -0.356 e. The van der Waals surface area contributed by atoms with E-state index in [1.54, 1.807) is 0 Å². The van der Waals surface area contributed by atoms with Crippen molar-refractivity contribution in [1.82, 2.24) is 18.3 Å². The zero-order chi connectivity index (χ0) is 81.0. The van der Waals surface area contributed by atoms with Crippen molar-refractivity contribution < 1.29 is 1.43 Å². The maximum atomic E-state index is 3.58. The standard InChI is InChI=1S/C57H41N3.C30H19IN2.C27H23N.CH4.H2/c1-57(2)51-24-14-12-22-45(51)46-32-30-44(35-52(46)57)58(42-28-26-39(27-29-42)38-16-6-3-7-17-38)43-31-33-54-48(34-43)50-37-55-49(36-56(50)60(54)41-20-10-5-11-21-41)47-23-13-15-25-53(47)59(55)40-18-8-4-9-19-40;31-20-15-16-28-24(17-20)26-19-29-25(18-30(26)33(28)22-11-5-2-6-12-22)23-13-7-8-14-27(23)32(29)21-9-3-1-4-10-21;1-27(2)25-11-7-6-10-23(25)24-17-16-22(18-26(24)27)28-21-14-12-20(13-15-21)19-8-4-3-5-9-19;;/h3-37H,1-2H3;1-19H;3-18,28H,1-2H3;1H4;1H/i;;;;1+1. The van der Waals surface area contributed by atoms with Crippen LogP contribution in [0.5, 0.6) is 0 Å². The Morgan fingerprint density at radius 1 is 0.230 bits per heavy atom. The van der Waals surface area contributed by atoms with Gasteiger partial charge in [0, 0.05) is 110 Å². The molecule has 122 heavy (non-hydrogen) atoms. The number of nitrogens with zero attached hydrogens (tertiary/aromatic N) is 5. The van der Waals surface area contributed by atoms with E-state index >= 15 is 0 Å². The quantitative estimate of drug-likeness (QED) is 0.131. The van der Waals surface area contributed by atoms with Crippen LogP contribution in [0.15, 0.2) is 425 Å². The molecule has 6 nitrogen and oxygen atoms in total. The van der Waals surface area contributed by atoms with Gasteiger partial charge < -0.3 is 28.5 Å². The number of nitrogens with one attached hydrogen (secondary N) is 1. The van der Waals surface area contributed by atoms with Crippen molar-refractivity contribution in [2.45, 2.75) is 46.0 Å². The summed E-state index contributed by atoms with van der Waals surface area (Å²) in [6.07, 6.45) is 0. The lowest BCUT2D eigenvalue weighted by Gasteiger charge is -2.28. The molecule has 0 fully saturated rings. The second kappa shape index (κ2) is 30.4. The lowest BCUT2D eigenvalue weighted by Crippen LogP contribution is -2.16. The van der Waals surface area contributed by atoms with Gasteiger partial charge in [-0.15, -0.1) is 0 Å². The first-order chi connectivity index (χ1) is 59.4. The second-order valence-electron chi connectivity index (χ2n) is 33.0. The molecule has 0 aliphatic heterocycles. The Kier molecular flexibility index (Phi) is 18.7. The van der Waals surface area contributed by atoms with Crippen LogP contribution < -0.4 is 10.2 Å². The summed E-state index contributed by atoms with van der Waals surface area (Å²) in [4.78, 5) is 2.44. The molecule has 0 spiro atoms. The molecule has 0 atom stereocenters. The molecule has 2 aliphatic rings. The fourth-order valence-corrected chi connectivity index (χ4v) is 20.0. The Bertz CT molecular complexity index is 7760. The number of halogens is 1. The van der Waals surface area contributed by atoms with Crippen molar-refractivity contribution in [2.24, 2.45) is 0 Å². The van der Waals surface area contributed by atoms with Gasteiger partial charge in [0.25, 0.3) is 0 Å². The molecule has 24 rings (SSSR count). The fraction of sp³-hybridized carbons (Fsp3) is 0.0609. The van der Waals surface area contributed by atoms with Crippen LogP contribution in [0.4, 0.5) is 28.4 Å². The van der Waals surface area contributed by atoms with Crippen molar-refractivity contribution >= 4 is 138 Å². The van der Waals surface area contributed by atoms with Crippen molar-refractivity contribution in [3.05, 3.63) is 450 Å². The highest BCUT2D eigenvalue weighted by atomic mass is 127. The number of aromatic nitrogens is 4. The minimum atomic E-state index is -0.125. The Morgan fingerprint density at radius 2 is 0.533 bits per heavy atom. The van der Waals surface area contributed by atoms with E-state index in [9.17, 15) is 0 Å². The van der Waals surface area contributed by atoms with E-state index in [2.05, 4.69) is 497 Å². The Balaban J connectivity index is 0.000000128. The molecule has 0 bridgehead atoms. The van der Waals surface area contributed by atoms with Gasteiger partial charge >= 0.3 is 0 Å². The van der Waals surface area contributed by atoms with Crippen LogP contribution in [0.25, 0.3) is 154 Å². The van der Waals surface area contributed by atoms with Gasteiger partial charge in [0.15, 0.2) is 0 Å². The van der Waals surface area contributed by atoms with Gasteiger partial charge in [0.05, 0.1) is 44.1 Å². The average molecular weight is 1680 g/mol. The van der Waals surface area contributed by atoms with Crippen molar-refractivity contribution in [3.8, 4) is 67.3 Å². The third kappa shape index (κ3) is 12.7. The Labute approximate surface area is 726 Å². The maximum absolute atomic E-state index is 3.58. The summed E-state index contributed by atoms with van der Waals surface area (Å²) >= 11 is 2.42. The summed E-state index contributed by atoms with van der Waals surface area (Å²) in [6, 6.07) is 154. The molecule has 7 heteroatoms. The third-order valence-electron chi connectivity index (χ3n) is 25.3. The van der Waals surface area contributed by atoms with Gasteiger partial charge in [-0.05, 0) is 259 Å². The highest BCUT2D eigenvalue weighted by molar-refractivity contribution is 14.1. The summed E-state index contributed by atoms with van der Waals surface area (Å²) < 4.78 is 10.9. The van der Waals surface area contributed by atoms with Crippen molar-refractivity contribution in [1.29, 1.82) is 0 Å². The predicted molar refractivity (Wildman–Crippen MR) is 529 cm³/mol. The van der Waals surface area contributed by atoms with Crippen LogP contribution in [-0.2, 0) is 10.8 Å². The number of para-hydroxylation sites is 6. The molecule has 0 amide bonds. The van der Waals surface area contributed by atoms with Gasteiger partial charge in [-0.25, -0.2) is 0 Å². The van der Waals surface area contributed by atoms with Crippen LogP contribution in [0.1, 0.15) is 58.8 Å². The van der Waals surface area contributed by atoms with Crippen LogP contribution in [0.3, 0.4) is 0 Å². The molecule has 22 aromatic rings. The topological polar surface area (TPSA) is 35.0 Å². The molecule has 2 aliphatic carbocycles. The summed E-state index contributed by atoms with van der Waals surface area (Å²) in [7, 11) is 0. The zero-order valence-corrected chi connectivity index (χ0v) is 69.7. The molecular weight excluding hydrogens is 1590 g/mol. The van der Waals surface area contributed by atoms with Crippen LogP contribution >= 0.6 is 22.6 Å². The first-order valence-electron chi connectivity index (χ1n) is 41.7. The van der Waals surface area contributed by atoms with Crippen molar-refractivity contribution in [3.63, 3.8) is 0 Å². The van der Waals surface area contributed by atoms with Crippen LogP contribution in [0, 0.1) is 3.57 Å². The average Bonchev–Trinajstić information content (AvgIpc) is 1.56. The lowest BCUT2D eigenvalue weighted by molar-refractivity contribution is 0.660. The monoisotopic (exact) mass is 1680 g/mol. The maximum Gasteiger partial charge on any atom is 0.0548 e. The first-order valence-corrected chi connectivity index (χ1v) is 42.8. The van der Waals surface area contributed by atoms with Gasteiger partial charge in [-0.3, -0.25) is 0 Å². The molecule has 4 heterocycles. The number of hydrogen-bond donors (Lipinski definition) is 1. The highest BCUT2D eigenvalue weighted by Crippen LogP contribution is 2.53. The molecule has 0 unspecified atom stereocenters. The normalized spacial score (nSPS) is 12.7. The molecule has 4 aromatic heterocycles. The van der Waals surface area contributed by atoms with Crippen molar-refractivity contribution in [2.75, 3.05) is 10.2 Å². The van der Waals surface area contributed by atoms with E-state index in [4.69, 9.17) is 0 Å². The number of fused-ring (bicyclic) bond motifs is 18. The number of benzene rings is 18. The summed E-state index contributed by atoms with van der Waals surface area (Å²) in [5, 5.41) is 13.6. The number of rotatable bonds is 11. The molecule has 586 valence electrons. The predicted octanol–water partition coefficient (Wildman–Crippen LogP) is 32.1. The van der Waals surface area contributed by atoms with E-state index in [-0.39, 0.29) is 19.7 Å². The first kappa shape index (κ1) is 75.0. The summed E-state index contributed by atoms with van der Waals surface area (Å²) in [5.41, 5.74) is 35.7. The van der Waals surface area contributed by atoms with Gasteiger partial charge in [-0.2, -0.15) is 0 Å². The Hall–Kier alpha value is -14.5. The second-order valence-corrected chi connectivity index (χ2v) is 34.2. The van der Waals surface area contributed by atoms with E-state index in [1.165, 1.54) is 169 Å². The third-order valence-corrected chi connectivity index (χ3v) is 26.0. The zero-order valence-electron chi connectivity index (χ0n) is 67.5. The Morgan fingerprint density at radius 3 is 0.992 bits per heavy atom. The smallest absolute Gasteiger partial charge is 0.0548 e. The molecule has 18 aromatic carbocycles. The minimum absolute atomic E-state index is 0. The molecule has 0 saturated carbocycles. The van der Waals surface area contributed by atoms with E-state index in [1.807, 2.05) is 6.07 Å². The summed E-state index contributed by atoms with van der Waals surface area (Å²) in [6.45, 7) is 9.35. The number of hydrogen-bond acceptors (Lipinski definition) is 2. The molecular formula is C115H89IN6. The van der Waals surface area contributed by atoms with Crippen LogP contribution in [-0.4, -0.2) is 18.3 Å². The van der Waals surface area contributed by atoms with Crippen LogP contribution in [0.2, 0.25) is 0 Å². The summed E-state index contributed by atoms with van der Waals surface area (Å²) in [5.74, 6) is 0. The van der Waals surface area contributed by atoms with Gasteiger partial charge in [0.1, 0.15) is 0 Å². The fourth-order valence-electron chi connectivity index (χ4n) is 19.5. The molecule has 1 N–H and O–H groups in total. The number of anilines is 5. The highest BCUT2D eigenvalue weighted by Gasteiger charge is 2.37. The SMILES string of the molecule is C.CC1(C)c2ccccc2-c2ccc(N(c3ccc(-c4ccccc4)cc3)c3ccc4c(c3)c3cc5c(cc3n4-c3ccccc3)c3ccccc3n5-c3ccccc3)cc21.CC1(C)c2ccccc2-c2ccc(Nc3ccc(-c4ccccc4)cc3)cc21.Ic1ccc2c(c1)c1cc3c(cc1n2-c1ccccc1)c1ccccc1n3-c1ccccc1.[2HH]. The van der Waals surface area contributed by atoms with E-state index in [0.717, 1.165) is 39.8 Å². The van der Waals surface area contributed by atoms with Gasteiger partial charge in [0.2, 0.25) is 0 Å². The van der Waals surface area contributed by atoms with E-state index < -0.39 is 0 Å².